The summed E-state index contributed by atoms with van der Waals surface area (Å²) < 4.78 is 16.3. The van der Waals surface area contributed by atoms with E-state index in [1.807, 2.05) is 43.0 Å². The molecule has 0 spiro atoms. The summed E-state index contributed by atoms with van der Waals surface area (Å²) in [6, 6.07) is 11.3. The van der Waals surface area contributed by atoms with Gasteiger partial charge in [-0.1, -0.05) is 46.6 Å². The zero-order valence-electron chi connectivity index (χ0n) is 19.0. The smallest absolute Gasteiger partial charge is 0.254 e. The molecule has 0 radical (unpaired) electrons. The molecule has 0 atom stereocenters. The second-order valence-electron chi connectivity index (χ2n) is 7.87. The van der Waals surface area contributed by atoms with Gasteiger partial charge in [0.25, 0.3) is 5.91 Å². The maximum Gasteiger partial charge on any atom is 0.254 e. The van der Waals surface area contributed by atoms with Crippen LogP contribution in [0.5, 0.6) is 11.5 Å². The molecule has 0 bridgehead atoms. The minimum atomic E-state index is -0.0858. The first kappa shape index (κ1) is 23.1. The van der Waals surface area contributed by atoms with Crippen LogP contribution in [0.15, 0.2) is 40.9 Å². The molecule has 1 saturated heterocycles. The number of ether oxygens (including phenoxy) is 2. The Morgan fingerprint density at radius 2 is 1.88 bits per heavy atom. The topological polar surface area (TPSA) is 80.9 Å². The fourth-order valence-electron chi connectivity index (χ4n) is 3.75. The lowest BCUT2D eigenvalue weighted by atomic mass is 10.1. The van der Waals surface area contributed by atoms with Crippen molar-refractivity contribution in [2.24, 2.45) is 0 Å². The minimum Gasteiger partial charge on any atom is -0.493 e. The second kappa shape index (κ2) is 10.2. The average Bonchev–Trinajstić information content (AvgIpc) is 3.29. The molecule has 1 aliphatic heterocycles. The Hall–Kier alpha value is -3.10. The van der Waals surface area contributed by atoms with E-state index >= 15 is 0 Å². The van der Waals surface area contributed by atoms with E-state index in [0.717, 1.165) is 5.56 Å². The first-order valence-electron chi connectivity index (χ1n) is 10.9. The van der Waals surface area contributed by atoms with Crippen LogP contribution in [0, 0.1) is 6.92 Å². The third kappa shape index (κ3) is 5.29. The van der Waals surface area contributed by atoms with E-state index in [-0.39, 0.29) is 5.91 Å². The molecule has 0 N–H and O–H groups in total. The number of aryl methyl sites for hydroxylation is 1. The van der Waals surface area contributed by atoms with Crippen molar-refractivity contribution in [3.05, 3.63) is 58.4 Å². The number of carbonyl (C=O) groups is 1. The van der Waals surface area contributed by atoms with Crippen molar-refractivity contribution in [1.29, 1.82) is 0 Å². The Balaban J connectivity index is 1.36. The summed E-state index contributed by atoms with van der Waals surface area (Å²) in [6.45, 7) is 7.49. The summed E-state index contributed by atoms with van der Waals surface area (Å²) in [5.74, 6) is 1.96. The third-order valence-electron chi connectivity index (χ3n) is 5.56. The van der Waals surface area contributed by atoms with Crippen molar-refractivity contribution in [3.63, 3.8) is 0 Å². The quantitative estimate of drug-likeness (QED) is 0.515. The van der Waals surface area contributed by atoms with E-state index in [0.29, 0.717) is 73.1 Å². The van der Waals surface area contributed by atoms with Crippen LogP contribution < -0.4 is 9.47 Å². The number of piperazine rings is 1. The standard InChI is InChI=1S/C24H27ClN4O4/c1-4-32-22-19(25)13-18(14-20(22)31-3)24(30)29-11-9-28(10-12-29)15-21-26-23(27-33-21)17-7-5-16(2)6-8-17/h5-8,13-14H,4,9-12,15H2,1-3H3. The number of benzene rings is 2. The molecule has 1 aromatic heterocycles. The van der Waals surface area contributed by atoms with Gasteiger partial charge in [-0.25, -0.2) is 0 Å². The normalized spacial score (nSPS) is 14.4. The van der Waals surface area contributed by atoms with Crippen LogP contribution in [-0.4, -0.2) is 65.7 Å². The number of methoxy groups -OCH3 is 1. The Labute approximate surface area is 198 Å². The van der Waals surface area contributed by atoms with Gasteiger partial charge in [0.2, 0.25) is 11.7 Å². The fourth-order valence-corrected chi connectivity index (χ4v) is 4.01. The summed E-state index contributed by atoms with van der Waals surface area (Å²) in [4.78, 5) is 21.6. The van der Waals surface area contributed by atoms with Gasteiger partial charge in [0.1, 0.15) is 0 Å². The van der Waals surface area contributed by atoms with Gasteiger partial charge < -0.3 is 18.9 Å². The molecule has 1 fully saturated rings. The van der Waals surface area contributed by atoms with Crippen LogP contribution in [-0.2, 0) is 6.54 Å². The molecule has 0 unspecified atom stereocenters. The molecule has 174 valence electrons. The van der Waals surface area contributed by atoms with E-state index in [9.17, 15) is 4.79 Å². The number of hydrogen-bond donors (Lipinski definition) is 0. The molecule has 0 saturated carbocycles. The number of aromatic nitrogens is 2. The van der Waals surface area contributed by atoms with Crippen LogP contribution in [0.3, 0.4) is 0 Å². The second-order valence-corrected chi connectivity index (χ2v) is 8.28. The molecule has 8 nitrogen and oxygen atoms in total. The molecule has 9 heteroatoms. The van der Waals surface area contributed by atoms with Gasteiger partial charge in [-0.05, 0) is 26.0 Å². The maximum absolute atomic E-state index is 13.0. The van der Waals surface area contributed by atoms with Crippen molar-refractivity contribution in [2.45, 2.75) is 20.4 Å². The number of hydrogen-bond acceptors (Lipinski definition) is 7. The highest BCUT2D eigenvalue weighted by Gasteiger charge is 2.25. The highest BCUT2D eigenvalue weighted by Crippen LogP contribution is 2.36. The minimum absolute atomic E-state index is 0.0858. The first-order valence-corrected chi connectivity index (χ1v) is 11.3. The zero-order chi connectivity index (χ0) is 23.4. The monoisotopic (exact) mass is 470 g/mol. The SMILES string of the molecule is CCOc1c(Cl)cc(C(=O)N2CCN(Cc3nc(-c4ccc(C)cc4)no3)CC2)cc1OC. The van der Waals surface area contributed by atoms with Gasteiger partial charge in [0.05, 0.1) is 25.3 Å². The summed E-state index contributed by atoms with van der Waals surface area (Å²) in [7, 11) is 1.53. The van der Waals surface area contributed by atoms with Gasteiger partial charge in [-0.15, -0.1) is 0 Å². The van der Waals surface area contributed by atoms with E-state index < -0.39 is 0 Å². The van der Waals surface area contributed by atoms with E-state index in [2.05, 4.69) is 15.0 Å². The van der Waals surface area contributed by atoms with Gasteiger partial charge in [0, 0.05) is 37.3 Å². The van der Waals surface area contributed by atoms with Gasteiger partial charge in [0.15, 0.2) is 11.5 Å². The number of nitrogens with zero attached hydrogens (tertiary/aromatic N) is 4. The lowest BCUT2D eigenvalue weighted by molar-refractivity contribution is 0.0614. The molecule has 1 amide bonds. The van der Waals surface area contributed by atoms with Crippen molar-refractivity contribution >= 4 is 17.5 Å². The maximum atomic E-state index is 13.0. The number of carbonyl (C=O) groups excluding carboxylic acids is 1. The summed E-state index contributed by atoms with van der Waals surface area (Å²) >= 11 is 6.34. The lowest BCUT2D eigenvalue weighted by Gasteiger charge is -2.34. The van der Waals surface area contributed by atoms with E-state index in [1.54, 1.807) is 12.1 Å². The molecule has 1 aliphatic rings. The molecule has 4 rings (SSSR count). The molecule has 2 aromatic carbocycles. The van der Waals surface area contributed by atoms with Crippen LogP contribution in [0.1, 0.15) is 28.7 Å². The predicted octanol–water partition coefficient (Wildman–Crippen LogP) is 4.06. The van der Waals surface area contributed by atoms with Crippen molar-refractivity contribution < 1.29 is 18.8 Å². The van der Waals surface area contributed by atoms with Crippen molar-refractivity contribution in [1.82, 2.24) is 19.9 Å². The van der Waals surface area contributed by atoms with Crippen LogP contribution in [0.2, 0.25) is 5.02 Å². The molecule has 0 aliphatic carbocycles. The Morgan fingerprint density at radius 3 is 2.55 bits per heavy atom. The molecular weight excluding hydrogens is 444 g/mol. The Kier molecular flexibility index (Phi) is 7.15. The lowest BCUT2D eigenvalue weighted by Crippen LogP contribution is -2.48. The Morgan fingerprint density at radius 1 is 1.15 bits per heavy atom. The van der Waals surface area contributed by atoms with Gasteiger partial charge in [-0.2, -0.15) is 4.98 Å². The molecule has 33 heavy (non-hydrogen) atoms. The molecular formula is C24H27ClN4O4. The number of halogens is 1. The fraction of sp³-hybridized carbons (Fsp3) is 0.375. The first-order chi connectivity index (χ1) is 16.0. The van der Waals surface area contributed by atoms with Crippen LogP contribution in [0.4, 0.5) is 0 Å². The summed E-state index contributed by atoms with van der Waals surface area (Å²) in [5, 5.41) is 4.46. The number of rotatable bonds is 7. The zero-order valence-corrected chi connectivity index (χ0v) is 19.8. The third-order valence-corrected chi connectivity index (χ3v) is 5.84. The summed E-state index contributed by atoms with van der Waals surface area (Å²) in [5.41, 5.74) is 2.59. The highest BCUT2D eigenvalue weighted by atomic mass is 35.5. The van der Waals surface area contributed by atoms with Crippen molar-refractivity contribution in [3.8, 4) is 22.9 Å². The largest absolute Gasteiger partial charge is 0.493 e. The predicted molar refractivity (Wildman–Crippen MR) is 125 cm³/mol. The molecule has 2 heterocycles. The summed E-state index contributed by atoms with van der Waals surface area (Å²) in [6.07, 6.45) is 0. The van der Waals surface area contributed by atoms with E-state index in [1.165, 1.54) is 12.7 Å². The number of amides is 1. The van der Waals surface area contributed by atoms with Crippen molar-refractivity contribution in [2.75, 3.05) is 39.9 Å². The van der Waals surface area contributed by atoms with Gasteiger partial charge >= 0.3 is 0 Å². The van der Waals surface area contributed by atoms with Crippen LogP contribution in [0.25, 0.3) is 11.4 Å². The van der Waals surface area contributed by atoms with E-state index in [4.69, 9.17) is 25.6 Å². The average molecular weight is 471 g/mol. The van der Waals surface area contributed by atoms with Gasteiger partial charge in [-0.3, -0.25) is 9.69 Å². The highest BCUT2D eigenvalue weighted by molar-refractivity contribution is 6.32. The van der Waals surface area contributed by atoms with Crippen LogP contribution >= 0.6 is 11.6 Å². The Bertz CT molecular complexity index is 1110. The molecule has 3 aromatic rings.